The molecule has 1 atom stereocenters. The molecule has 2 aromatic rings. The lowest BCUT2D eigenvalue weighted by Gasteiger charge is -2.36. The fourth-order valence-corrected chi connectivity index (χ4v) is 3.84. The summed E-state index contributed by atoms with van der Waals surface area (Å²) < 4.78 is 5.65. The molecule has 0 aromatic heterocycles. The Morgan fingerprint density at radius 1 is 1.19 bits per heavy atom. The molecule has 0 unspecified atom stereocenters. The summed E-state index contributed by atoms with van der Waals surface area (Å²) in [5.41, 5.74) is 9.75. The minimum absolute atomic E-state index is 0.0644. The number of hydrogen-bond donors (Lipinski definition) is 1. The standard InChI is InChI=1S/C21H23N3O3/c1-14-8-9-16-15(11-14)5-4-10-23(16)13-20(25)24-12-19(21(22)26)27-18-7-3-2-6-17(18)24/h2-3,6-9,11,19H,4-5,10,12-13H2,1H3,(H2,22,26)/t19-/m0/s1. The minimum Gasteiger partial charge on any atom is -0.477 e. The van der Waals surface area contributed by atoms with E-state index >= 15 is 0 Å². The number of carbonyl (C=O) groups is 2. The topological polar surface area (TPSA) is 75.9 Å². The number of benzene rings is 2. The summed E-state index contributed by atoms with van der Waals surface area (Å²) in [6.45, 7) is 3.32. The van der Waals surface area contributed by atoms with Crippen LogP contribution in [0.3, 0.4) is 0 Å². The van der Waals surface area contributed by atoms with Gasteiger partial charge in [0, 0.05) is 12.2 Å². The normalized spacial score (nSPS) is 18.3. The zero-order valence-corrected chi connectivity index (χ0v) is 15.4. The number of ether oxygens (including phenoxy) is 1. The molecule has 0 fully saturated rings. The van der Waals surface area contributed by atoms with E-state index in [-0.39, 0.29) is 19.0 Å². The van der Waals surface area contributed by atoms with Crippen LogP contribution in [0.25, 0.3) is 0 Å². The molecule has 2 amide bonds. The summed E-state index contributed by atoms with van der Waals surface area (Å²) in [4.78, 5) is 28.6. The van der Waals surface area contributed by atoms with Crippen molar-refractivity contribution in [2.24, 2.45) is 5.73 Å². The zero-order valence-electron chi connectivity index (χ0n) is 15.4. The van der Waals surface area contributed by atoms with Crippen LogP contribution >= 0.6 is 0 Å². The Morgan fingerprint density at radius 3 is 2.81 bits per heavy atom. The highest BCUT2D eigenvalue weighted by Gasteiger charge is 2.33. The average Bonchev–Trinajstić information content (AvgIpc) is 2.66. The number of carbonyl (C=O) groups excluding carboxylic acids is 2. The number of nitrogens with two attached hydrogens (primary N) is 1. The number of aryl methyl sites for hydroxylation is 2. The molecular weight excluding hydrogens is 342 g/mol. The van der Waals surface area contributed by atoms with Crippen molar-refractivity contribution in [2.45, 2.75) is 25.9 Å². The average molecular weight is 365 g/mol. The van der Waals surface area contributed by atoms with E-state index < -0.39 is 12.0 Å². The molecule has 27 heavy (non-hydrogen) atoms. The van der Waals surface area contributed by atoms with Crippen molar-refractivity contribution in [3.05, 3.63) is 53.6 Å². The second kappa shape index (κ2) is 6.95. The van der Waals surface area contributed by atoms with Crippen molar-refractivity contribution < 1.29 is 14.3 Å². The third kappa shape index (κ3) is 3.35. The molecule has 0 radical (unpaired) electrons. The van der Waals surface area contributed by atoms with Crippen molar-refractivity contribution in [1.82, 2.24) is 0 Å². The van der Waals surface area contributed by atoms with Gasteiger partial charge in [-0.3, -0.25) is 9.59 Å². The van der Waals surface area contributed by atoms with Crippen LogP contribution in [0.4, 0.5) is 11.4 Å². The maximum atomic E-state index is 13.2. The number of rotatable bonds is 3. The maximum Gasteiger partial charge on any atom is 0.260 e. The zero-order chi connectivity index (χ0) is 19.0. The monoisotopic (exact) mass is 365 g/mol. The number of primary amides is 1. The van der Waals surface area contributed by atoms with Crippen LogP contribution in [0.5, 0.6) is 5.75 Å². The molecular formula is C21H23N3O3. The molecule has 140 valence electrons. The lowest BCUT2D eigenvalue weighted by molar-refractivity contribution is -0.125. The van der Waals surface area contributed by atoms with E-state index in [1.54, 1.807) is 11.0 Å². The van der Waals surface area contributed by atoms with Crippen LogP contribution in [0.15, 0.2) is 42.5 Å². The van der Waals surface area contributed by atoms with Gasteiger partial charge in [-0.15, -0.1) is 0 Å². The summed E-state index contributed by atoms with van der Waals surface area (Å²) in [6, 6.07) is 13.6. The van der Waals surface area contributed by atoms with Gasteiger partial charge in [0.05, 0.1) is 18.8 Å². The first-order valence-corrected chi connectivity index (χ1v) is 9.23. The lowest BCUT2D eigenvalue weighted by atomic mass is 9.99. The highest BCUT2D eigenvalue weighted by Crippen LogP contribution is 2.34. The molecule has 0 saturated carbocycles. The molecule has 0 saturated heterocycles. The van der Waals surface area contributed by atoms with Gasteiger partial charge in [-0.1, -0.05) is 29.8 Å². The van der Waals surface area contributed by atoms with Crippen molar-refractivity contribution in [3.8, 4) is 5.75 Å². The smallest absolute Gasteiger partial charge is 0.260 e. The summed E-state index contributed by atoms with van der Waals surface area (Å²) >= 11 is 0. The highest BCUT2D eigenvalue weighted by atomic mass is 16.5. The Morgan fingerprint density at radius 2 is 2.00 bits per heavy atom. The van der Waals surface area contributed by atoms with Gasteiger partial charge in [-0.25, -0.2) is 0 Å². The van der Waals surface area contributed by atoms with Crippen LogP contribution in [0.2, 0.25) is 0 Å². The van der Waals surface area contributed by atoms with Crippen LogP contribution in [0, 0.1) is 6.92 Å². The van der Waals surface area contributed by atoms with Crippen molar-refractivity contribution in [3.63, 3.8) is 0 Å². The van der Waals surface area contributed by atoms with Crippen molar-refractivity contribution in [2.75, 3.05) is 29.4 Å². The van der Waals surface area contributed by atoms with Crippen molar-refractivity contribution >= 4 is 23.2 Å². The Bertz CT molecular complexity index is 896. The van der Waals surface area contributed by atoms with Gasteiger partial charge in [0.2, 0.25) is 5.91 Å². The van der Waals surface area contributed by atoms with Gasteiger partial charge in [0.25, 0.3) is 5.91 Å². The molecule has 0 aliphatic carbocycles. The first kappa shape index (κ1) is 17.4. The fourth-order valence-electron chi connectivity index (χ4n) is 3.84. The molecule has 2 aliphatic rings. The van der Waals surface area contributed by atoms with E-state index in [0.29, 0.717) is 11.4 Å². The van der Waals surface area contributed by atoms with Crippen LogP contribution in [0.1, 0.15) is 17.5 Å². The molecule has 0 spiro atoms. The van der Waals surface area contributed by atoms with Crippen molar-refractivity contribution in [1.29, 1.82) is 0 Å². The summed E-state index contributed by atoms with van der Waals surface area (Å²) in [5, 5.41) is 0. The molecule has 2 aromatic carbocycles. The lowest BCUT2D eigenvalue weighted by Crippen LogP contribution is -2.52. The van der Waals surface area contributed by atoms with E-state index in [1.807, 2.05) is 18.2 Å². The third-order valence-corrected chi connectivity index (χ3v) is 5.17. The first-order valence-electron chi connectivity index (χ1n) is 9.23. The summed E-state index contributed by atoms with van der Waals surface area (Å²) in [7, 11) is 0. The predicted molar refractivity (Wildman–Crippen MR) is 104 cm³/mol. The number of hydrogen-bond acceptors (Lipinski definition) is 4. The van der Waals surface area contributed by atoms with Gasteiger partial charge >= 0.3 is 0 Å². The molecule has 4 rings (SSSR count). The van der Waals surface area contributed by atoms with E-state index in [4.69, 9.17) is 10.5 Å². The Balaban J connectivity index is 1.59. The maximum absolute atomic E-state index is 13.2. The molecule has 2 heterocycles. The van der Waals surface area contributed by atoms with E-state index in [1.165, 1.54) is 11.1 Å². The highest BCUT2D eigenvalue weighted by molar-refractivity contribution is 5.99. The van der Waals surface area contributed by atoms with E-state index in [9.17, 15) is 9.59 Å². The van der Waals surface area contributed by atoms with E-state index in [0.717, 1.165) is 25.1 Å². The van der Waals surface area contributed by atoms with Gasteiger partial charge in [-0.2, -0.15) is 0 Å². The molecule has 2 N–H and O–H groups in total. The SMILES string of the molecule is Cc1ccc2c(c1)CCCN2CC(=O)N1C[C@@H](C(N)=O)Oc2ccccc21. The Hall–Kier alpha value is -3.02. The Labute approximate surface area is 158 Å². The van der Waals surface area contributed by atoms with Crippen LogP contribution in [-0.2, 0) is 16.0 Å². The second-order valence-corrected chi connectivity index (χ2v) is 7.14. The van der Waals surface area contributed by atoms with Gasteiger partial charge in [0.15, 0.2) is 6.10 Å². The second-order valence-electron chi connectivity index (χ2n) is 7.14. The number of amides is 2. The Kier molecular flexibility index (Phi) is 4.48. The van der Waals surface area contributed by atoms with Gasteiger partial charge in [0.1, 0.15) is 5.75 Å². The molecule has 6 heteroatoms. The van der Waals surface area contributed by atoms with E-state index in [2.05, 4.69) is 30.0 Å². The summed E-state index contributed by atoms with van der Waals surface area (Å²) in [5.74, 6) is -0.123. The number of nitrogens with zero attached hydrogens (tertiary/aromatic N) is 2. The largest absolute Gasteiger partial charge is 0.477 e. The van der Waals surface area contributed by atoms with Crippen LogP contribution < -0.4 is 20.3 Å². The quantitative estimate of drug-likeness (QED) is 0.903. The molecule has 2 aliphatic heterocycles. The fraction of sp³-hybridized carbons (Fsp3) is 0.333. The number of fused-ring (bicyclic) bond motifs is 2. The van der Waals surface area contributed by atoms with Gasteiger partial charge in [-0.05, 0) is 43.5 Å². The third-order valence-electron chi connectivity index (χ3n) is 5.17. The summed E-state index contributed by atoms with van der Waals surface area (Å²) in [6.07, 6.45) is 1.22. The van der Waals surface area contributed by atoms with Crippen LogP contribution in [-0.4, -0.2) is 37.6 Å². The predicted octanol–water partition coefficient (Wildman–Crippen LogP) is 2.03. The van der Waals surface area contributed by atoms with Gasteiger partial charge < -0.3 is 20.3 Å². The first-order chi connectivity index (χ1) is 13.0. The number of para-hydroxylation sites is 2. The minimum atomic E-state index is -0.833. The molecule has 0 bridgehead atoms. The number of anilines is 2. The molecule has 6 nitrogen and oxygen atoms in total.